The number of pyridine rings is 1. The number of likely N-dealkylation sites (tertiary alicyclic amines) is 1. The topological polar surface area (TPSA) is 54.5 Å². The lowest BCUT2D eigenvalue weighted by Gasteiger charge is -2.15. The first-order chi connectivity index (χ1) is 15.8. The van der Waals surface area contributed by atoms with E-state index in [-0.39, 0.29) is 5.91 Å². The normalized spacial score (nSPS) is 13.8. The molecule has 1 saturated heterocycles. The quantitative estimate of drug-likeness (QED) is 0.532. The van der Waals surface area contributed by atoms with Crippen molar-refractivity contribution in [1.29, 1.82) is 0 Å². The van der Waals surface area contributed by atoms with E-state index < -0.39 is 0 Å². The molecule has 1 aromatic heterocycles. The highest BCUT2D eigenvalue weighted by Gasteiger charge is 2.11. The predicted octanol–water partition coefficient (Wildman–Crippen LogP) is 3.92. The van der Waals surface area contributed by atoms with E-state index in [0.29, 0.717) is 12.1 Å². The molecule has 1 N–H and O–H groups in total. The van der Waals surface area contributed by atoms with E-state index in [9.17, 15) is 4.79 Å². The van der Waals surface area contributed by atoms with Gasteiger partial charge in [-0.3, -0.25) is 14.7 Å². The molecule has 2 aromatic carbocycles. The van der Waals surface area contributed by atoms with Crippen LogP contribution in [0.3, 0.4) is 0 Å². The monoisotopic (exact) mass is 428 g/mol. The third-order valence-corrected chi connectivity index (χ3v) is 5.84. The number of carbonyl (C=O) groups is 1. The number of ether oxygens (including phenoxy) is 1. The lowest BCUT2D eigenvalue weighted by Crippen LogP contribution is -2.25. The van der Waals surface area contributed by atoms with Crippen LogP contribution in [0.15, 0.2) is 67.0 Å². The van der Waals surface area contributed by atoms with Gasteiger partial charge < -0.3 is 10.1 Å². The number of hydrogen-bond donors (Lipinski definition) is 1. The van der Waals surface area contributed by atoms with E-state index in [1.54, 1.807) is 24.5 Å². The van der Waals surface area contributed by atoms with Crippen LogP contribution in [0.25, 0.3) is 0 Å². The maximum Gasteiger partial charge on any atom is 0.251 e. The van der Waals surface area contributed by atoms with E-state index in [1.165, 1.54) is 37.1 Å². The number of nitrogens with zero attached hydrogens (tertiary/aromatic N) is 2. The molecule has 1 radical (unpaired) electrons. The van der Waals surface area contributed by atoms with Gasteiger partial charge in [0.15, 0.2) is 0 Å². The Morgan fingerprint density at radius 1 is 1.06 bits per heavy atom. The van der Waals surface area contributed by atoms with Crippen LogP contribution >= 0.6 is 0 Å². The van der Waals surface area contributed by atoms with Crippen LogP contribution in [0.1, 0.15) is 39.9 Å². The Labute approximate surface area is 190 Å². The Morgan fingerprint density at radius 3 is 2.62 bits per heavy atom. The van der Waals surface area contributed by atoms with Gasteiger partial charge in [-0.05, 0) is 85.8 Å². The van der Waals surface area contributed by atoms with Crippen molar-refractivity contribution in [2.75, 3.05) is 32.8 Å². The molecule has 165 valence electrons. The second kappa shape index (κ2) is 11.4. The number of aromatic nitrogens is 1. The number of carbonyl (C=O) groups excluding carboxylic acids is 1. The molecule has 0 bridgehead atoms. The molecule has 32 heavy (non-hydrogen) atoms. The minimum Gasteiger partial charge on any atom is -0.492 e. The molecule has 1 fully saturated rings. The Hall–Kier alpha value is -3.18. The average molecular weight is 429 g/mol. The van der Waals surface area contributed by atoms with Gasteiger partial charge in [0, 0.05) is 31.0 Å². The zero-order valence-electron chi connectivity index (χ0n) is 18.4. The summed E-state index contributed by atoms with van der Waals surface area (Å²) < 4.78 is 5.92. The largest absolute Gasteiger partial charge is 0.492 e. The van der Waals surface area contributed by atoms with Crippen molar-refractivity contribution in [3.8, 4) is 5.75 Å². The van der Waals surface area contributed by atoms with Gasteiger partial charge in [0.2, 0.25) is 0 Å². The second-order valence-corrected chi connectivity index (χ2v) is 8.13. The molecule has 0 spiro atoms. The van der Waals surface area contributed by atoms with Crippen LogP contribution in [0.5, 0.6) is 5.75 Å². The minimum absolute atomic E-state index is 0.0748. The number of hydrogen-bond acceptors (Lipinski definition) is 4. The lowest BCUT2D eigenvalue weighted by atomic mass is 9.98. The van der Waals surface area contributed by atoms with Gasteiger partial charge in [0.25, 0.3) is 5.91 Å². The van der Waals surface area contributed by atoms with Crippen LogP contribution in [0.2, 0.25) is 0 Å². The molecule has 3 aromatic rings. The summed E-state index contributed by atoms with van der Waals surface area (Å²) in [4.78, 5) is 18.6. The fraction of sp³-hybridized carbons (Fsp3) is 0.333. The third-order valence-electron chi connectivity index (χ3n) is 5.84. The van der Waals surface area contributed by atoms with Crippen molar-refractivity contribution >= 4 is 5.91 Å². The first-order valence-corrected chi connectivity index (χ1v) is 11.4. The molecule has 0 unspecified atom stereocenters. The summed E-state index contributed by atoms with van der Waals surface area (Å²) in [5, 5.41) is 2.99. The van der Waals surface area contributed by atoms with Gasteiger partial charge in [-0.1, -0.05) is 30.3 Å². The van der Waals surface area contributed by atoms with Gasteiger partial charge in [0.05, 0.1) is 0 Å². The van der Waals surface area contributed by atoms with Crippen LogP contribution in [0.4, 0.5) is 0 Å². The SMILES string of the molecule is O=C(NCCc1ccc[c]c1Cc1ccc(OCCN2CCCC2)cc1)c1ccncc1. The fourth-order valence-corrected chi connectivity index (χ4v) is 4.03. The highest BCUT2D eigenvalue weighted by Crippen LogP contribution is 2.18. The highest BCUT2D eigenvalue weighted by molar-refractivity contribution is 5.93. The van der Waals surface area contributed by atoms with Crippen LogP contribution in [-0.4, -0.2) is 48.6 Å². The standard InChI is InChI=1S/C27H30N3O2/c31-27(24-11-14-28-15-12-24)29-16-13-23-5-1-2-6-25(23)21-22-7-9-26(10-8-22)32-20-19-30-17-3-4-18-30/h1-2,5,7-12,14-15H,3-4,13,16-21H2,(H,29,31). The molecule has 0 aliphatic carbocycles. The zero-order valence-corrected chi connectivity index (χ0v) is 18.4. The third kappa shape index (κ3) is 6.41. The molecular weight excluding hydrogens is 398 g/mol. The van der Waals surface area contributed by atoms with Crippen molar-refractivity contribution in [2.45, 2.75) is 25.7 Å². The molecule has 1 aliphatic rings. The zero-order chi connectivity index (χ0) is 22.0. The van der Waals surface area contributed by atoms with Crippen molar-refractivity contribution < 1.29 is 9.53 Å². The molecule has 4 rings (SSSR count). The van der Waals surface area contributed by atoms with E-state index in [4.69, 9.17) is 4.74 Å². The van der Waals surface area contributed by atoms with Crippen molar-refractivity contribution in [3.63, 3.8) is 0 Å². The van der Waals surface area contributed by atoms with Gasteiger partial charge >= 0.3 is 0 Å². The highest BCUT2D eigenvalue weighted by atomic mass is 16.5. The Morgan fingerprint density at radius 2 is 1.84 bits per heavy atom. The molecule has 5 nitrogen and oxygen atoms in total. The molecular formula is C27H30N3O2. The number of amides is 1. The maximum absolute atomic E-state index is 12.2. The van der Waals surface area contributed by atoms with Crippen molar-refractivity contribution in [2.24, 2.45) is 0 Å². The first kappa shape index (κ1) is 22.0. The second-order valence-electron chi connectivity index (χ2n) is 8.13. The summed E-state index contributed by atoms with van der Waals surface area (Å²) >= 11 is 0. The first-order valence-electron chi connectivity index (χ1n) is 11.4. The smallest absolute Gasteiger partial charge is 0.251 e. The maximum atomic E-state index is 12.2. The number of benzene rings is 2. The summed E-state index contributed by atoms with van der Waals surface area (Å²) in [7, 11) is 0. The van der Waals surface area contributed by atoms with Gasteiger partial charge in [-0.15, -0.1) is 0 Å². The molecule has 2 heterocycles. The van der Waals surface area contributed by atoms with E-state index in [0.717, 1.165) is 37.3 Å². The van der Waals surface area contributed by atoms with E-state index >= 15 is 0 Å². The summed E-state index contributed by atoms with van der Waals surface area (Å²) in [5.74, 6) is 0.846. The lowest BCUT2D eigenvalue weighted by molar-refractivity contribution is 0.0954. The number of rotatable bonds is 10. The van der Waals surface area contributed by atoms with Gasteiger partial charge in [0.1, 0.15) is 12.4 Å². The molecule has 0 atom stereocenters. The van der Waals surface area contributed by atoms with Crippen LogP contribution in [-0.2, 0) is 12.8 Å². The summed E-state index contributed by atoms with van der Waals surface area (Å²) in [6.07, 6.45) is 7.45. The molecule has 1 aliphatic heterocycles. The summed E-state index contributed by atoms with van der Waals surface area (Å²) in [6.45, 7) is 4.72. The summed E-state index contributed by atoms with van der Waals surface area (Å²) in [6, 6.07) is 21.2. The molecule has 1 amide bonds. The fourth-order valence-electron chi connectivity index (χ4n) is 4.03. The molecule has 0 saturated carbocycles. The Balaban J connectivity index is 1.27. The van der Waals surface area contributed by atoms with E-state index in [1.807, 2.05) is 12.1 Å². The summed E-state index contributed by atoms with van der Waals surface area (Å²) in [5.41, 5.74) is 4.21. The van der Waals surface area contributed by atoms with Crippen molar-refractivity contribution in [3.05, 3.63) is 95.3 Å². The Kier molecular flexibility index (Phi) is 7.88. The average Bonchev–Trinajstić information content (AvgIpc) is 3.35. The van der Waals surface area contributed by atoms with E-state index in [2.05, 4.69) is 51.6 Å². The van der Waals surface area contributed by atoms with Gasteiger partial charge in [-0.25, -0.2) is 0 Å². The Bertz CT molecular complexity index is 983. The minimum atomic E-state index is -0.0748. The van der Waals surface area contributed by atoms with Crippen LogP contribution in [0, 0.1) is 6.07 Å². The molecule has 5 heteroatoms. The van der Waals surface area contributed by atoms with Gasteiger partial charge in [-0.2, -0.15) is 0 Å². The predicted molar refractivity (Wildman–Crippen MR) is 126 cm³/mol. The van der Waals surface area contributed by atoms with Crippen molar-refractivity contribution in [1.82, 2.24) is 15.2 Å². The van der Waals surface area contributed by atoms with Crippen LogP contribution < -0.4 is 10.1 Å². The number of nitrogens with one attached hydrogen (secondary N) is 1.